The summed E-state index contributed by atoms with van der Waals surface area (Å²) in [4.78, 5) is 10.5. The monoisotopic (exact) mass is 230 g/mol. The molecule has 1 aromatic carbocycles. The standard InChI is InChI=1S/C9H8BrFO/c1-5-7(4-12)3-8(10)6(2)9(5)11/h3-4H,1-2H3. The van der Waals surface area contributed by atoms with Gasteiger partial charge in [0.25, 0.3) is 0 Å². The molecule has 12 heavy (non-hydrogen) atoms. The second-order valence-electron chi connectivity index (χ2n) is 2.63. The Morgan fingerprint density at radius 1 is 1.42 bits per heavy atom. The van der Waals surface area contributed by atoms with Crippen molar-refractivity contribution in [1.82, 2.24) is 0 Å². The quantitative estimate of drug-likeness (QED) is 0.679. The second-order valence-corrected chi connectivity index (χ2v) is 3.48. The summed E-state index contributed by atoms with van der Waals surface area (Å²) in [5.41, 5.74) is 1.34. The second kappa shape index (κ2) is 3.35. The zero-order chi connectivity index (χ0) is 9.30. The van der Waals surface area contributed by atoms with E-state index in [2.05, 4.69) is 15.9 Å². The van der Waals surface area contributed by atoms with E-state index in [1.165, 1.54) is 0 Å². The van der Waals surface area contributed by atoms with Gasteiger partial charge in [0.05, 0.1) is 0 Å². The zero-order valence-corrected chi connectivity index (χ0v) is 8.40. The highest BCUT2D eigenvalue weighted by molar-refractivity contribution is 9.10. The number of aldehydes is 1. The smallest absolute Gasteiger partial charge is 0.150 e. The third-order valence-corrected chi connectivity index (χ3v) is 2.68. The minimum atomic E-state index is -0.313. The fourth-order valence-corrected chi connectivity index (χ4v) is 1.41. The highest BCUT2D eigenvalue weighted by atomic mass is 79.9. The Kier molecular flexibility index (Phi) is 2.62. The average molecular weight is 231 g/mol. The van der Waals surface area contributed by atoms with Crippen LogP contribution in [0.3, 0.4) is 0 Å². The van der Waals surface area contributed by atoms with Crippen molar-refractivity contribution in [3.63, 3.8) is 0 Å². The first-order valence-electron chi connectivity index (χ1n) is 3.48. The number of hydrogen-bond donors (Lipinski definition) is 0. The number of carbonyl (C=O) groups excluding carboxylic acids is 1. The van der Waals surface area contributed by atoms with Crippen molar-refractivity contribution in [3.8, 4) is 0 Å². The van der Waals surface area contributed by atoms with Crippen LogP contribution in [0.5, 0.6) is 0 Å². The molecule has 1 nitrogen and oxygen atoms in total. The van der Waals surface area contributed by atoms with E-state index in [0.717, 1.165) is 0 Å². The minimum Gasteiger partial charge on any atom is -0.298 e. The van der Waals surface area contributed by atoms with Gasteiger partial charge in [-0.1, -0.05) is 15.9 Å². The van der Waals surface area contributed by atoms with Crippen LogP contribution < -0.4 is 0 Å². The van der Waals surface area contributed by atoms with Crippen molar-refractivity contribution in [3.05, 3.63) is 33.0 Å². The van der Waals surface area contributed by atoms with Crippen molar-refractivity contribution in [2.24, 2.45) is 0 Å². The Morgan fingerprint density at radius 2 is 2.00 bits per heavy atom. The molecular formula is C9H8BrFO. The summed E-state index contributed by atoms with van der Waals surface area (Å²) in [5, 5.41) is 0. The van der Waals surface area contributed by atoms with Gasteiger partial charge in [-0.05, 0) is 31.0 Å². The van der Waals surface area contributed by atoms with Crippen LogP contribution in [0.25, 0.3) is 0 Å². The van der Waals surface area contributed by atoms with E-state index >= 15 is 0 Å². The van der Waals surface area contributed by atoms with E-state index in [-0.39, 0.29) is 5.82 Å². The molecule has 0 aliphatic heterocycles. The fraction of sp³-hybridized carbons (Fsp3) is 0.222. The Hall–Kier alpha value is -0.700. The molecule has 1 rings (SSSR count). The molecule has 0 fully saturated rings. The average Bonchev–Trinajstić information content (AvgIpc) is 2.08. The molecule has 0 aliphatic rings. The Morgan fingerprint density at radius 3 is 2.50 bits per heavy atom. The summed E-state index contributed by atoms with van der Waals surface area (Å²) >= 11 is 3.17. The van der Waals surface area contributed by atoms with E-state index in [9.17, 15) is 9.18 Å². The molecule has 0 amide bonds. The van der Waals surface area contributed by atoms with E-state index in [1.807, 2.05) is 0 Å². The van der Waals surface area contributed by atoms with Crippen molar-refractivity contribution >= 4 is 22.2 Å². The van der Waals surface area contributed by atoms with E-state index in [0.29, 0.717) is 27.4 Å². The van der Waals surface area contributed by atoms with Crippen LogP contribution in [0.1, 0.15) is 21.5 Å². The number of carbonyl (C=O) groups is 1. The number of halogens is 2. The van der Waals surface area contributed by atoms with Gasteiger partial charge in [-0.25, -0.2) is 4.39 Å². The molecule has 0 aromatic heterocycles. The van der Waals surface area contributed by atoms with Crippen LogP contribution in [-0.4, -0.2) is 6.29 Å². The van der Waals surface area contributed by atoms with E-state index < -0.39 is 0 Å². The van der Waals surface area contributed by atoms with E-state index in [1.54, 1.807) is 19.9 Å². The first kappa shape index (κ1) is 9.39. The summed E-state index contributed by atoms with van der Waals surface area (Å²) in [5.74, 6) is -0.313. The third kappa shape index (κ3) is 1.41. The molecule has 0 bridgehead atoms. The summed E-state index contributed by atoms with van der Waals surface area (Å²) in [6.07, 6.45) is 0.655. The normalized spacial score (nSPS) is 10.0. The van der Waals surface area contributed by atoms with Gasteiger partial charge in [0, 0.05) is 10.0 Å². The molecule has 0 unspecified atom stereocenters. The van der Waals surface area contributed by atoms with Crippen molar-refractivity contribution in [1.29, 1.82) is 0 Å². The molecule has 0 radical (unpaired) electrons. The fourth-order valence-electron chi connectivity index (χ4n) is 0.988. The molecule has 0 heterocycles. The first-order valence-corrected chi connectivity index (χ1v) is 4.27. The maximum atomic E-state index is 13.3. The first-order chi connectivity index (χ1) is 5.57. The van der Waals surface area contributed by atoms with Gasteiger partial charge >= 0.3 is 0 Å². The van der Waals surface area contributed by atoms with Gasteiger partial charge in [0.15, 0.2) is 0 Å². The molecule has 3 heteroatoms. The molecule has 0 spiro atoms. The molecule has 0 N–H and O–H groups in total. The largest absolute Gasteiger partial charge is 0.298 e. The predicted octanol–water partition coefficient (Wildman–Crippen LogP) is 3.02. The van der Waals surface area contributed by atoms with Gasteiger partial charge in [0.2, 0.25) is 0 Å². The summed E-state index contributed by atoms with van der Waals surface area (Å²) in [6.45, 7) is 3.26. The van der Waals surface area contributed by atoms with Crippen molar-refractivity contribution in [2.45, 2.75) is 13.8 Å². The number of benzene rings is 1. The van der Waals surface area contributed by atoms with Gasteiger partial charge in [-0.3, -0.25) is 4.79 Å². The number of rotatable bonds is 1. The Labute approximate surface area is 78.7 Å². The SMILES string of the molecule is Cc1c(Br)cc(C=O)c(C)c1F. The van der Waals surface area contributed by atoms with Crippen LogP contribution in [0, 0.1) is 19.7 Å². The molecule has 1 aromatic rings. The van der Waals surface area contributed by atoms with Crippen molar-refractivity contribution in [2.75, 3.05) is 0 Å². The molecule has 0 saturated heterocycles. The Bertz CT molecular complexity index is 334. The van der Waals surface area contributed by atoms with Gasteiger partial charge < -0.3 is 0 Å². The van der Waals surface area contributed by atoms with Gasteiger partial charge in [0.1, 0.15) is 12.1 Å². The maximum absolute atomic E-state index is 13.3. The lowest BCUT2D eigenvalue weighted by Crippen LogP contribution is -1.95. The molecule has 64 valence electrons. The van der Waals surface area contributed by atoms with Crippen LogP contribution in [0.2, 0.25) is 0 Å². The highest BCUT2D eigenvalue weighted by Gasteiger charge is 2.09. The van der Waals surface area contributed by atoms with Gasteiger partial charge in [-0.15, -0.1) is 0 Å². The van der Waals surface area contributed by atoms with Crippen LogP contribution >= 0.6 is 15.9 Å². The van der Waals surface area contributed by atoms with Crippen molar-refractivity contribution < 1.29 is 9.18 Å². The number of hydrogen-bond acceptors (Lipinski definition) is 1. The molecular weight excluding hydrogens is 223 g/mol. The Balaban J connectivity index is 3.49. The molecule has 0 saturated carbocycles. The van der Waals surface area contributed by atoms with E-state index in [4.69, 9.17) is 0 Å². The van der Waals surface area contributed by atoms with Crippen LogP contribution in [0.4, 0.5) is 4.39 Å². The minimum absolute atomic E-state index is 0.313. The summed E-state index contributed by atoms with van der Waals surface area (Å²) < 4.78 is 13.9. The van der Waals surface area contributed by atoms with Crippen LogP contribution in [0.15, 0.2) is 10.5 Å². The molecule has 0 aliphatic carbocycles. The van der Waals surface area contributed by atoms with Crippen LogP contribution in [-0.2, 0) is 0 Å². The summed E-state index contributed by atoms with van der Waals surface area (Å²) in [6, 6.07) is 1.63. The molecule has 0 atom stereocenters. The maximum Gasteiger partial charge on any atom is 0.150 e. The lowest BCUT2D eigenvalue weighted by Gasteiger charge is -2.05. The van der Waals surface area contributed by atoms with Gasteiger partial charge in [-0.2, -0.15) is 0 Å². The lowest BCUT2D eigenvalue weighted by molar-refractivity contribution is 0.112. The highest BCUT2D eigenvalue weighted by Crippen LogP contribution is 2.23. The summed E-state index contributed by atoms with van der Waals surface area (Å²) in [7, 11) is 0. The lowest BCUT2D eigenvalue weighted by atomic mass is 10.1. The zero-order valence-electron chi connectivity index (χ0n) is 6.82. The third-order valence-electron chi connectivity index (χ3n) is 1.86. The topological polar surface area (TPSA) is 17.1 Å². The predicted molar refractivity (Wildman–Crippen MR) is 49.0 cm³/mol.